The minimum atomic E-state index is -1.25. The summed E-state index contributed by atoms with van der Waals surface area (Å²) < 4.78 is 5.05. The van der Waals surface area contributed by atoms with E-state index in [0.29, 0.717) is 11.3 Å². The van der Waals surface area contributed by atoms with Crippen molar-refractivity contribution in [3.8, 4) is 0 Å². The van der Waals surface area contributed by atoms with E-state index in [1.165, 1.54) is 6.26 Å². The van der Waals surface area contributed by atoms with E-state index in [9.17, 15) is 14.7 Å². The normalized spacial score (nSPS) is 13.2. The molecule has 1 aromatic heterocycles. The summed E-state index contributed by atoms with van der Waals surface area (Å²) in [5.74, 6) is -1.03. The summed E-state index contributed by atoms with van der Waals surface area (Å²) >= 11 is 0. The van der Waals surface area contributed by atoms with E-state index in [4.69, 9.17) is 4.42 Å². The first-order valence-electron chi connectivity index (χ1n) is 6.85. The Morgan fingerprint density at radius 3 is 2.41 bits per heavy atom. The van der Waals surface area contributed by atoms with E-state index < -0.39 is 17.4 Å². The predicted molar refractivity (Wildman–Crippen MR) is 79.6 cm³/mol. The van der Waals surface area contributed by atoms with Gasteiger partial charge in [-0.3, -0.25) is 9.59 Å². The van der Waals surface area contributed by atoms with Crippen LogP contribution in [0.5, 0.6) is 0 Å². The number of furan rings is 1. The number of nitrogens with one attached hydrogen (secondary N) is 2. The molecular formula is C16H18N2O4. The van der Waals surface area contributed by atoms with Crippen molar-refractivity contribution < 1.29 is 19.1 Å². The number of benzene rings is 1. The molecule has 0 aliphatic carbocycles. The lowest BCUT2D eigenvalue weighted by atomic mass is 9.96. The Bertz CT molecular complexity index is 621. The highest BCUT2D eigenvalue weighted by Crippen LogP contribution is 2.18. The molecule has 2 amide bonds. The van der Waals surface area contributed by atoms with E-state index in [-0.39, 0.29) is 13.1 Å². The Morgan fingerprint density at radius 2 is 1.77 bits per heavy atom. The molecule has 6 nitrogen and oxygen atoms in total. The molecule has 1 aromatic carbocycles. The summed E-state index contributed by atoms with van der Waals surface area (Å²) in [7, 11) is 0. The van der Waals surface area contributed by atoms with Gasteiger partial charge in [-0.05, 0) is 24.6 Å². The number of carbonyl (C=O) groups is 2. The molecule has 0 bridgehead atoms. The fraction of sp³-hybridized carbons (Fsp3) is 0.250. The first-order chi connectivity index (χ1) is 10.5. The molecule has 1 atom stereocenters. The first-order valence-corrected chi connectivity index (χ1v) is 6.85. The zero-order chi connectivity index (χ0) is 16.0. The zero-order valence-electron chi connectivity index (χ0n) is 12.2. The van der Waals surface area contributed by atoms with Gasteiger partial charge in [0.2, 0.25) is 0 Å². The molecule has 2 rings (SSSR count). The molecule has 22 heavy (non-hydrogen) atoms. The maximum Gasteiger partial charge on any atom is 0.309 e. The molecule has 6 heteroatoms. The summed E-state index contributed by atoms with van der Waals surface area (Å²) in [6.07, 6.45) is 1.48. The number of rotatable bonds is 5. The number of hydrogen-bond acceptors (Lipinski definition) is 4. The van der Waals surface area contributed by atoms with Crippen LogP contribution in [0, 0.1) is 0 Å². The Morgan fingerprint density at radius 1 is 1.09 bits per heavy atom. The molecular weight excluding hydrogens is 284 g/mol. The third-order valence-electron chi connectivity index (χ3n) is 3.20. The van der Waals surface area contributed by atoms with Crippen LogP contribution in [-0.2, 0) is 21.7 Å². The Balaban J connectivity index is 1.82. The van der Waals surface area contributed by atoms with Crippen LogP contribution in [0.25, 0.3) is 0 Å². The molecule has 3 N–H and O–H groups in total. The van der Waals surface area contributed by atoms with Crippen LogP contribution in [-0.4, -0.2) is 23.5 Å². The first kappa shape index (κ1) is 15.8. The number of carbonyl (C=O) groups excluding carboxylic acids is 2. The largest absolute Gasteiger partial charge is 0.467 e. The topological polar surface area (TPSA) is 91.6 Å². The van der Waals surface area contributed by atoms with Crippen molar-refractivity contribution in [2.24, 2.45) is 0 Å². The van der Waals surface area contributed by atoms with Crippen LogP contribution < -0.4 is 10.6 Å². The van der Waals surface area contributed by atoms with Gasteiger partial charge in [0.15, 0.2) is 0 Å². The van der Waals surface area contributed by atoms with Crippen molar-refractivity contribution in [2.75, 3.05) is 6.54 Å². The van der Waals surface area contributed by atoms with Crippen molar-refractivity contribution in [2.45, 2.75) is 19.1 Å². The average Bonchev–Trinajstić information content (AvgIpc) is 3.04. The summed E-state index contributed by atoms with van der Waals surface area (Å²) in [6, 6.07) is 12.3. The van der Waals surface area contributed by atoms with Gasteiger partial charge in [-0.25, -0.2) is 0 Å². The van der Waals surface area contributed by atoms with Gasteiger partial charge in [0, 0.05) is 0 Å². The van der Waals surface area contributed by atoms with Gasteiger partial charge in [0.05, 0.1) is 19.4 Å². The van der Waals surface area contributed by atoms with Crippen LogP contribution in [0.4, 0.5) is 0 Å². The number of hydrogen-bond donors (Lipinski definition) is 3. The molecule has 1 heterocycles. The van der Waals surface area contributed by atoms with E-state index in [1.807, 2.05) is 6.07 Å². The highest BCUT2D eigenvalue weighted by atomic mass is 16.3. The Kier molecular flexibility index (Phi) is 4.95. The Hall–Kier alpha value is -2.60. The van der Waals surface area contributed by atoms with Crippen molar-refractivity contribution in [3.05, 3.63) is 60.1 Å². The van der Waals surface area contributed by atoms with Gasteiger partial charge < -0.3 is 20.2 Å². The van der Waals surface area contributed by atoms with E-state index in [1.54, 1.807) is 43.3 Å². The van der Waals surface area contributed by atoms with Crippen LogP contribution in [0.3, 0.4) is 0 Å². The average molecular weight is 302 g/mol. The maximum absolute atomic E-state index is 11.7. The molecule has 0 spiro atoms. The molecule has 1 unspecified atom stereocenters. The Labute approximate surface area is 128 Å². The summed E-state index contributed by atoms with van der Waals surface area (Å²) in [5, 5.41) is 15.2. The lowest BCUT2D eigenvalue weighted by Crippen LogP contribution is -2.45. The van der Waals surface area contributed by atoms with Gasteiger partial charge in [0.25, 0.3) is 0 Å². The van der Waals surface area contributed by atoms with Gasteiger partial charge in [0.1, 0.15) is 11.4 Å². The quantitative estimate of drug-likeness (QED) is 0.716. The zero-order valence-corrected chi connectivity index (χ0v) is 12.2. The molecule has 0 aliphatic heterocycles. The molecule has 0 aliphatic rings. The van der Waals surface area contributed by atoms with Crippen molar-refractivity contribution >= 4 is 11.8 Å². The second-order valence-electron chi connectivity index (χ2n) is 5.08. The van der Waals surface area contributed by atoms with Gasteiger partial charge >= 0.3 is 11.8 Å². The lowest BCUT2D eigenvalue weighted by Gasteiger charge is -2.24. The summed E-state index contributed by atoms with van der Waals surface area (Å²) in [5.41, 5.74) is -0.593. The smallest absolute Gasteiger partial charge is 0.309 e. The fourth-order valence-electron chi connectivity index (χ4n) is 1.89. The molecule has 0 radical (unpaired) electrons. The number of aliphatic hydroxyl groups is 1. The van der Waals surface area contributed by atoms with Crippen LogP contribution in [0.1, 0.15) is 18.2 Å². The van der Waals surface area contributed by atoms with E-state index in [0.717, 1.165) is 0 Å². The van der Waals surface area contributed by atoms with Crippen molar-refractivity contribution in [3.63, 3.8) is 0 Å². The second kappa shape index (κ2) is 6.91. The lowest BCUT2D eigenvalue weighted by molar-refractivity contribution is -0.140. The van der Waals surface area contributed by atoms with E-state index in [2.05, 4.69) is 10.6 Å². The molecule has 0 fully saturated rings. The highest BCUT2D eigenvalue weighted by molar-refractivity contribution is 6.35. The third-order valence-corrected chi connectivity index (χ3v) is 3.20. The van der Waals surface area contributed by atoms with Crippen molar-refractivity contribution in [1.29, 1.82) is 0 Å². The second-order valence-corrected chi connectivity index (χ2v) is 5.08. The minimum absolute atomic E-state index is 0.0655. The SMILES string of the molecule is CC(O)(CNC(=O)C(=O)NCc1ccco1)c1ccccc1. The summed E-state index contributed by atoms with van der Waals surface area (Å²) in [6.45, 7) is 1.64. The summed E-state index contributed by atoms with van der Waals surface area (Å²) in [4.78, 5) is 23.4. The standard InChI is InChI=1S/C16H18N2O4/c1-16(21,12-6-3-2-4-7-12)11-18-15(20)14(19)17-10-13-8-5-9-22-13/h2-9,21H,10-11H2,1H3,(H,17,19)(H,18,20). The third kappa shape index (κ3) is 4.20. The molecule has 116 valence electrons. The van der Waals surface area contributed by atoms with E-state index >= 15 is 0 Å². The maximum atomic E-state index is 11.7. The molecule has 0 saturated heterocycles. The fourth-order valence-corrected chi connectivity index (χ4v) is 1.89. The van der Waals surface area contributed by atoms with Gasteiger partial charge in [-0.15, -0.1) is 0 Å². The van der Waals surface area contributed by atoms with Gasteiger partial charge in [-0.1, -0.05) is 30.3 Å². The van der Waals surface area contributed by atoms with Crippen LogP contribution in [0.15, 0.2) is 53.1 Å². The highest BCUT2D eigenvalue weighted by Gasteiger charge is 2.25. The van der Waals surface area contributed by atoms with Gasteiger partial charge in [-0.2, -0.15) is 0 Å². The minimum Gasteiger partial charge on any atom is -0.467 e. The number of amides is 2. The van der Waals surface area contributed by atoms with Crippen LogP contribution >= 0.6 is 0 Å². The predicted octanol–water partition coefficient (Wildman–Crippen LogP) is 0.920. The van der Waals surface area contributed by atoms with Crippen molar-refractivity contribution in [1.82, 2.24) is 10.6 Å². The molecule has 0 saturated carbocycles. The monoisotopic (exact) mass is 302 g/mol. The molecule has 2 aromatic rings. The van der Waals surface area contributed by atoms with Crippen LogP contribution in [0.2, 0.25) is 0 Å².